The third-order valence-corrected chi connectivity index (χ3v) is 4.26. The Morgan fingerprint density at radius 1 is 1.08 bits per heavy atom. The lowest BCUT2D eigenvalue weighted by Gasteiger charge is -2.34. The van der Waals surface area contributed by atoms with Crippen LogP contribution in [0, 0.1) is 11.8 Å². The van der Waals surface area contributed by atoms with E-state index in [9.17, 15) is 0 Å². The van der Waals surface area contributed by atoms with Crippen molar-refractivity contribution in [2.45, 2.75) is 49.7 Å². The van der Waals surface area contributed by atoms with Crippen LogP contribution in [0.1, 0.15) is 32.1 Å². The summed E-state index contributed by atoms with van der Waals surface area (Å²) >= 11 is 6.20. The molecule has 3 aliphatic rings. The number of hydrogen-bond donors (Lipinski definition) is 0. The van der Waals surface area contributed by atoms with Crippen molar-refractivity contribution in [2.75, 3.05) is 0 Å². The molecule has 0 aromatic rings. The maximum Gasteiger partial charge on any atom is 0.101 e. The first-order valence-electron chi connectivity index (χ1n) is 5.16. The zero-order valence-corrected chi connectivity index (χ0v) is 7.96. The molecule has 68 valence electrons. The zero-order chi connectivity index (χ0) is 8.13. The maximum absolute atomic E-state index is 6.20. The van der Waals surface area contributed by atoms with Crippen molar-refractivity contribution in [2.24, 2.45) is 11.8 Å². The van der Waals surface area contributed by atoms with Gasteiger partial charge in [-0.3, -0.25) is 0 Å². The Labute approximate surface area is 78.4 Å². The Kier molecular flexibility index (Phi) is 1.67. The van der Waals surface area contributed by atoms with Crippen LogP contribution in [0.25, 0.3) is 0 Å². The fourth-order valence-corrected chi connectivity index (χ4v) is 3.59. The molecule has 2 aliphatic carbocycles. The smallest absolute Gasteiger partial charge is 0.101 e. The lowest BCUT2D eigenvalue weighted by Crippen LogP contribution is -2.34. The third-order valence-electron chi connectivity index (χ3n) is 3.84. The molecule has 1 nitrogen and oxygen atoms in total. The van der Waals surface area contributed by atoms with E-state index in [1.54, 1.807) is 0 Å². The summed E-state index contributed by atoms with van der Waals surface area (Å²) < 4.78 is 5.63. The van der Waals surface area contributed by atoms with Gasteiger partial charge >= 0.3 is 0 Å². The van der Waals surface area contributed by atoms with Crippen molar-refractivity contribution in [3.63, 3.8) is 0 Å². The first-order chi connectivity index (χ1) is 5.86. The molecule has 3 rings (SSSR count). The Morgan fingerprint density at radius 2 is 1.92 bits per heavy atom. The Balaban J connectivity index is 1.77. The monoisotopic (exact) mass is 186 g/mol. The van der Waals surface area contributed by atoms with Gasteiger partial charge in [-0.25, -0.2) is 0 Å². The topological polar surface area (TPSA) is 12.5 Å². The fraction of sp³-hybridized carbons (Fsp3) is 1.00. The molecule has 3 fully saturated rings. The number of ether oxygens (including phenoxy) is 1. The summed E-state index contributed by atoms with van der Waals surface area (Å²) in [4.78, 5) is 0. The Bertz CT molecular complexity index is 194. The first-order valence-corrected chi connectivity index (χ1v) is 5.59. The SMILES string of the molecule is ClC1CC2CCCCC2C2OC12. The van der Waals surface area contributed by atoms with Gasteiger partial charge in [0.05, 0.1) is 11.5 Å². The van der Waals surface area contributed by atoms with Crippen LogP contribution in [0.15, 0.2) is 0 Å². The summed E-state index contributed by atoms with van der Waals surface area (Å²) in [7, 11) is 0. The highest BCUT2D eigenvalue weighted by Gasteiger charge is 2.55. The zero-order valence-electron chi connectivity index (χ0n) is 7.21. The van der Waals surface area contributed by atoms with Crippen LogP contribution in [0.4, 0.5) is 0 Å². The highest BCUT2D eigenvalue weighted by molar-refractivity contribution is 6.21. The molecule has 0 bridgehead atoms. The van der Waals surface area contributed by atoms with Crippen LogP contribution < -0.4 is 0 Å². The van der Waals surface area contributed by atoms with Gasteiger partial charge in [-0.1, -0.05) is 19.3 Å². The van der Waals surface area contributed by atoms with Crippen LogP contribution in [0.3, 0.4) is 0 Å². The normalized spacial score (nSPS) is 57.2. The average molecular weight is 187 g/mol. The lowest BCUT2D eigenvalue weighted by molar-refractivity contribution is 0.178. The second kappa shape index (κ2) is 2.62. The van der Waals surface area contributed by atoms with E-state index in [1.165, 1.54) is 32.1 Å². The average Bonchev–Trinajstić information content (AvgIpc) is 2.84. The standard InChI is InChI=1S/C10H15ClO/c11-8-5-6-3-1-2-4-7(6)9-10(8)12-9/h6-10H,1-5H2. The van der Waals surface area contributed by atoms with E-state index in [0.29, 0.717) is 17.6 Å². The van der Waals surface area contributed by atoms with Gasteiger partial charge in [0.15, 0.2) is 0 Å². The molecule has 0 radical (unpaired) electrons. The molecular formula is C10H15ClO. The van der Waals surface area contributed by atoms with Gasteiger partial charge in [-0.2, -0.15) is 0 Å². The molecule has 2 heteroatoms. The molecule has 0 N–H and O–H groups in total. The van der Waals surface area contributed by atoms with Gasteiger partial charge in [-0.15, -0.1) is 11.6 Å². The molecule has 0 aromatic carbocycles. The second-order valence-corrected chi connectivity index (χ2v) is 5.09. The van der Waals surface area contributed by atoms with E-state index in [-0.39, 0.29) is 0 Å². The molecule has 1 heterocycles. The van der Waals surface area contributed by atoms with E-state index in [2.05, 4.69) is 0 Å². The molecule has 0 spiro atoms. The van der Waals surface area contributed by atoms with E-state index >= 15 is 0 Å². The van der Waals surface area contributed by atoms with Crippen molar-refractivity contribution in [1.82, 2.24) is 0 Å². The summed E-state index contributed by atoms with van der Waals surface area (Å²) in [5.74, 6) is 1.77. The fourth-order valence-electron chi connectivity index (χ4n) is 3.16. The molecular weight excluding hydrogens is 172 g/mol. The van der Waals surface area contributed by atoms with Crippen molar-refractivity contribution in [3.8, 4) is 0 Å². The van der Waals surface area contributed by atoms with E-state index in [4.69, 9.17) is 16.3 Å². The van der Waals surface area contributed by atoms with Gasteiger partial charge in [0.1, 0.15) is 6.10 Å². The van der Waals surface area contributed by atoms with Gasteiger partial charge in [0, 0.05) is 0 Å². The number of rotatable bonds is 0. The minimum absolute atomic E-state index is 0.328. The minimum Gasteiger partial charge on any atom is -0.368 e. The number of alkyl halides is 1. The predicted molar refractivity (Wildman–Crippen MR) is 48.4 cm³/mol. The van der Waals surface area contributed by atoms with Gasteiger partial charge < -0.3 is 4.74 Å². The summed E-state index contributed by atoms with van der Waals surface area (Å²) in [5.41, 5.74) is 0. The van der Waals surface area contributed by atoms with Crippen LogP contribution in [-0.4, -0.2) is 17.6 Å². The van der Waals surface area contributed by atoms with Gasteiger partial charge in [0.25, 0.3) is 0 Å². The quantitative estimate of drug-likeness (QED) is 0.419. The van der Waals surface area contributed by atoms with Crippen LogP contribution in [-0.2, 0) is 4.74 Å². The molecule has 2 saturated carbocycles. The second-order valence-electron chi connectivity index (χ2n) is 4.53. The molecule has 1 saturated heterocycles. The number of halogens is 1. The summed E-state index contributed by atoms with van der Waals surface area (Å²) in [6.07, 6.45) is 7.85. The van der Waals surface area contributed by atoms with Gasteiger partial charge in [-0.05, 0) is 24.7 Å². The molecule has 0 amide bonds. The Morgan fingerprint density at radius 3 is 2.83 bits per heavy atom. The molecule has 1 aliphatic heterocycles. The maximum atomic E-state index is 6.20. The molecule has 12 heavy (non-hydrogen) atoms. The predicted octanol–water partition coefficient (Wildman–Crippen LogP) is 2.57. The summed E-state index contributed by atoms with van der Waals surface area (Å²) in [5, 5.41) is 0.328. The van der Waals surface area contributed by atoms with E-state index in [1.807, 2.05) is 0 Å². The van der Waals surface area contributed by atoms with Crippen molar-refractivity contribution in [3.05, 3.63) is 0 Å². The van der Waals surface area contributed by atoms with Crippen molar-refractivity contribution < 1.29 is 4.74 Å². The van der Waals surface area contributed by atoms with Crippen LogP contribution in [0.5, 0.6) is 0 Å². The largest absolute Gasteiger partial charge is 0.368 e. The molecule has 5 unspecified atom stereocenters. The highest BCUT2D eigenvalue weighted by Crippen LogP contribution is 2.51. The van der Waals surface area contributed by atoms with Crippen LogP contribution >= 0.6 is 11.6 Å². The molecule has 0 aromatic heterocycles. The first kappa shape index (κ1) is 7.64. The van der Waals surface area contributed by atoms with E-state index < -0.39 is 0 Å². The number of hydrogen-bond acceptors (Lipinski definition) is 1. The summed E-state index contributed by atoms with van der Waals surface area (Å²) in [6.45, 7) is 0. The van der Waals surface area contributed by atoms with E-state index in [0.717, 1.165) is 11.8 Å². The van der Waals surface area contributed by atoms with Crippen molar-refractivity contribution in [1.29, 1.82) is 0 Å². The minimum atomic E-state index is 0.328. The van der Waals surface area contributed by atoms with Gasteiger partial charge in [0.2, 0.25) is 0 Å². The lowest BCUT2D eigenvalue weighted by atomic mass is 9.71. The third kappa shape index (κ3) is 1.03. The van der Waals surface area contributed by atoms with Crippen LogP contribution in [0.2, 0.25) is 0 Å². The highest BCUT2D eigenvalue weighted by atomic mass is 35.5. The number of fused-ring (bicyclic) bond motifs is 3. The number of epoxide rings is 1. The van der Waals surface area contributed by atoms with Crippen molar-refractivity contribution >= 4 is 11.6 Å². The molecule has 5 atom stereocenters. The summed E-state index contributed by atoms with van der Waals surface area (Å²) in [6, 6.07) is 0. The Hall–Kier alpha value is 0.250.